The zero-order chi connectivity index (χ0) is 16.2. The Hall–Kier alpha value is -1.90. The molecule has 0 amide bonds. The van der Waals surface area contributed by atoms with Crippen LogP contribution in [0.5, 0.6) is 0 Å². The van der Waals surface area contributed by atoms with Crippen molar-refractivity contribution in [3.05, 3.63) is 40.5 Å². The van der Waals surface area contributed by atoms with Gasteiger partial charge in [-0.3, -0.25) is 4.99 Å². The van der Waals surface area contributed by atoms with E-state index in [-0.39, 0.29) is 10.8 Å². The van der Waals surface area contributed by atoms with Crippen molar-refractivity contribution >= 4 is 17.9 Å². The molecule has 3 heteroatoms. The van der Waals surface area contributed by atoms with E-state index in [9.17, 15) is 9.90 Å². The summed E-state index contributed by atoms with van der Waals surface area (Å²) in [5.41, 5.74) is 4.43. The number of aryl methyl sites for hydroxylation is 1. The number of nitrogens with zero attached hydrogens (tertiary/aromatic N) is 1. The zero-order valence-electron chi connectivity index (χ0n) is 13.7. The number of hydrogen-bond donors (Lipinski definition) is 1. The smallest absolute Gasteiger partial charge is 0.336 e. The average Bonchev–Trinajstić information content (AvgIpc) is 2.63. The molecular weight excluding hydrogens is 262 g/mol. The summed E-state index contributed by atoms with van der Waals surface area (Å²) in [6, 6.07) is 1.78. The summed E-state index contributed by atoms with van der Waals surface area (Å²) in [6.45, 7) is 16.3. The lowest BCUT2D eigenvalue weighted by atomic mass is 9.72. The predicted octanol–water partition coefficient (Wildman–Crippen LogP) is 4.54. The van der Waals surface area contributed by atoms with E-state index in [1.165, 1.54) is 0 Å². The zero-order valence-corrected chi connectivity index (χ0v) is 13.7. The molecule has 1 aromatic carbocycles. The number of fused-ring (bicyclic) bond motifs is 1. The van der Waals surface area contributed by atoms with Crippen LogP contribution in [0.15, 0.2) is 23.2 Å². The Bertz CT molecular complexity index is 679. The van der Waals surface area contributed by atoms with Gasteiger partial charge in [-0.15, -0.1) is 0 Å². The number of aliphatic imine (C=N–C) groups is 1. The van der Waals surface area contributed by atoms with Crippen molar-refractivity contribution in [1.82, 2.24) is 0 Å². The molecule has 0 atom stereocenters. The van der Waals surface area contributed by atoms with Gasteiger partial charge in [0.15, 0.2) is 0 Å². The first kappa shape index (κ1) is 15.5. The maximum absolute atomic E-state index is 11.6. The number of carboxylic acids is 1. The summed E-state index contributed by atoms with van der Waals surface area (Å²) in [5.74, 6) is -0.896. The Morgan fingerprint density at radius 1 is 1.38 bits per heavy atom. The van der Waals surface area contributed by atoms with Crippen LogP contribution in [0, 0.1) is 6.92 Å². The number of carboxylic acid groups (broad SMARTS) is 1. The number of benzene rings is 1. The molecule has 0 saturated carbocycles. The van der Waals surface area contributed by atoms with Crippen molar-refractivity contribution in [2.45, 2.75) is 52.4 Å². The molecule has 2 rings (SSSR count). The molecular formula is C18H23NO2. The first-order valence-corrected chi connectivity index (χ1v) is 7.13. The van der Waals surface area contributed by atoms with Gasteiger partial charge in [-0.2, -0.15) is 0 Å². The summed E-state index contributed by atoms with van der Waals surface area (Å²) in [6.07, 6.45) is 1.85. The van der Waals surface area contributed by atoms with Gasteiger partial charge < -0.3 is 5.11 Å². The molecule has 0 radical (unpaired) electrons. The quantitative estimate of drug-likeness (QED) is 0.829. The minimum absolute atomic E-state index is 0.247. The van der Waals surface area contributed by atoms with E-state index in [1.807, 2.05) is 33.9 Å². The third-order valence-electron chi connectivity index (χ3n) is 4.58. The Morgan fingerprint density at radius 2 is 1.95 bits per heavy atom. The summed E-state index contributed by atoms with van der Waals surface area (Å²) < 4.78 is 0. The van der Waals surface area contributed by atoms with Crippen LogP contribution < -0.4 is 0 Å². The molecule has 0 bridgehead atoms. The molecule has 1 heterocycles. The van der Waals surface area contributed by atoms with E-state index < -0.39 is 5.97 Å². The lowest BCUT2D eigenvalue weighted by molar-refractivity contribution is 0.0695. The molecule has 1 aliphatic heterocycles. The van der Waals surface area contributed by atoms with Gasteiger partial charge in [-0.1, -0.05) is 39.8 Å². The molecule has 0 unspecified atom stereocenters. The predicted molar refractivity (Wildman–Crippen MR) is 87.2 cm³/mol. The van der Waals surface area contributed by atoms with E-state index in [4.69, 9.17) is 0 Å². The molecule has 0 aliphatic carbocycles. The second kappa shape index (κ2) is 4.55. The normalized spacial score (nSPS) is 15.9. The van der Waals surface area contributed by atoms with E-state index in [0.29, 0.717) is 5.56 Å². The monoisotopic (exact) mass is 285 g/mol. The van der Waals surface area contributed by atoms with Crippen LogP contribution in [0.2, 0.25) is 0 Å². The maximum Gasteiger partial charge on any atom is 0.336 e. The van der Waals surface area contributed by atoms with Gasteiger partial charge in [0.1, 0.15) is 0 Å². The minimum atomic E-state index is -0.896. The van der Waals surface area contributed by atoms with Gasteiger partial charge in [0.2, 0.25) is 0 Å². The molecule has 1 N–H and O–H groups in total. The third kappa shape index (κ3) is 2.21. The Labute approximate surface area is 126 Å². The first-order chi connectivity index (χ1) is 9.50. The van der Waals surface area contributed by atoms with Gasteiger partial charge >= 0.3 is 5.97 Å². The van der Waals surface area contributed by atoms with E-state index in [2.05, 4.69) is 25.4 Å². The van der Waals surface area contributed by atoms with Crippen LogP contribution >= 0.6 is 0 Å². The fourth-order valence-corrected chi connectivity index (χ4v) is 3.04. The fourth-order valence-electron chi connectivity index (χ4n) is 3.04. The molecule has 0 spiro atoms. The van der Waals surface area contributed by atoms with Crippen molar-refractivity contribution < 1.29 is 9.90 Å². The van der Waals surface area contributed by atoms with Crippen LogP contribution in [0.3, 0.4) is 0 Å². The van der Waals surface area contributed by atoms with E-state index in [0.717, 1.165) is 28.0 Å². The Balaban J connectivity index is 2.90. The topological polar surface area (TPSA) is 49.7 Å². The third-order valence-corrected chi connectivity index (χ3v) is 4.58. The maximum atomic E-state index is 11.6. The van der Waals surface area contributed by atoms with Gasteiger partial charge in [-0.25, -0.2) is 4.79 Å². The van der Waals surface area contributed by atoms with Crippen LogP contribution in [0.1, 0.15) is 61.7 Å². The standard InChI is InChI=1S/C18H23NO2/c1-10(2)18(6,7)13-11(3)8-12(16(20)21)14-15(13)19-9-17(14,4)5/h8-9H,1H2,2-7H3,(H,20,21). The summed E-state index contributed by atoms with van der Waals surface area (Å²) >= 11 is 0. The second-order valence-electron chi connectivity index (χ2n) is 7.03. The highest BCUT2D eigenvalue weighted by atomic mass is 16.4. The number of allylic oxidation sites excluding steroid dienone is 1. The van der Waals surface area contributed by atoms with Crippen LogP contribution in [-0.2, 0) is 10.8 Å². The number of rotatable bonds is 3. The van der Waals surface area contributed by atoms with Crippen molar-refractivity contribution in [2.75, 3.05) is 0 Å². The van der Waals surface area contributed by atoms with Crippen molar-refractivity contribution in [2.24, 2.45) is 4.99 Å². The lowest BCUT2D eigenvalue weighted by Crippen LogP contribution is -2.24. The average molecular weight is 285 g/mol. The van der Waals surface area contributed by atoms with Gasteiger partial charge in [0.25, 0.3) is 0 Å². The SMILES string of the molecule is C=C(C)C(C)(C)c1c(C)cc(C(=O)O)c2c1N=CC2(C)C. The molecule has 0 saturated heterocycles. The molecule has 112 valence electrons. The van der Waals surface area contributed by atoms with Gasteiger partial charge in [0.05, 0.1) is 11.3 Å². The highest BCUT2D eigenvalue weighted by molar-refractivity contribution is 5.98. The number of carbonyl (C=O) groups is 1. The molecule has 0 aromatic heterocycles. The van der Waals surface area contributed by atoms with Crippen molar-refractivity contribution in [3.63, 3.8) is 0 Å². The molecule has 0 fully saturated rings. The molecule has 3 nitrogen and oxygen atoms in total. The van der Waals surface area contributed by atoms with Crippen molar-refractivity contribution in [1.29, 1.82) is 0 Å². The summed E-state index contributed by atoms with van der Waals surface area (Å²) in [5, 5.41) is 9.54. The van der Waals surface area contributed by atoms with E-state index in [1.54, 1.807) is 6.07 Å². The summed E-state index contributed by atoms with van der Waals surface area (Å²) in [4.78, 5) is 16.2. The van der Waals surface area contributed by atoms with Crippen LogP contribution in [0.4, 0.5) is 5.69 Å². The molecule has 1 aromatic rings. The molecule has 1 aliphatic rings. The fraction of sp³-hybridized carbons (Fsp3) is 0.444. The minimum Gasteiger partial charge on any atom is -0.478 e. The van der Waals surface area contributed by atoms with Crippen LogP contribution in [-0.4, -0.2) is 17.3 Å². The number of hydrogen-bond acceptors (Lipinski definition) is 2. The second-order valence-corrected chi connectivity index (χ2v) is 7.03. The van der Waals surface area contributed by atoms with Gasteiger partial charge in [0, 0.05) is 22.6 Å². The van der Waals surface area contributed by atoms with Crippen LogP contribution in [0.25, 0.3) is 0 Å². The highest BCUT2D eigenvalue weighted by Crippen LogP contribution is 2.48. The highest BCUT2D eigenvalue weighted by Gasteiger charge is 2.38. The van der Waals surface area contributed by atoms with Crippen molar-refractivity contribution in [3.8, 4) is 0 Å². The molecule has 21 heavy (non-hydrogen) atoms. The largest absolute Gasteiger partial charge is 0.478 e. The first-order valence-electron chi connectivity index (χ1n) is 7.13. The Kier molecular flexibility index (Phi) is 3.36. The van der Waals surface area contributed by atoms with Gasteiger partial charge in [-0.05, 0) is 31.0 Å². The Morgan fingerprint density at radius 3 is 2.43 bits per heavy atom. The van der Waals surface area contributed by atoms with E-state index >= 15 is 0 Å². The lowest BCUT2D eigenvalue weighted by Gasteiger charge is -2.31. The number of aromatic carboxylic acids is 1. The summed E-state index contributed by atoms with van der Waals surface area (Å²) in [7, 11) is 0.